The van der Waals surface area contributed by atoms with Gasteiger partial charge in [0, 0.05) is 47.1 Å². The van der Waals surface area contributed by atoms with Crippen LogP contribution in [0.2, 0.25) is 43.8 Å². The number of piperazine rings is 1. The van der Waals surface area contributed by atoms with Crippen molar-refractivity contribution < 1.29 is 17.6 Å². The molecular weight excluding hydrogens is 513 g/mol. The molecule has 0 unspecified atom stereocenters. The molecule has 0 aliphatic carbocycles. The predicted octanol–water partition coefficient (Wildman–Crippen LogP) is 4.02. The second kappa shape index (κ2) is 11.5. The minimum absolute atomic E-state index is 0.000462. The van der Waals surface area contributed by atoms with Gasteiger partial charge in [0.05, 0.1) is 6.26 Å². The van der Waals surface area contributed by atoms with E-state index < -0.39 is 26.4 Å². The van der Waals surface area contributed by atoms with Gasteiger partial charge < -0.3 is 14.1 Å². The Kier molecular flexibility index (Phi) is 9.82. The van der Waals surface area contributed by atoms with Gasteiger partial charge in [-0.05, 0) is 37.2 Å². The van der Waals surface area contributed by atoms with Crippen LogP contribution in [0.25, 0.3) is 5.76 Å². The van der Waals surface area contributed by atoms with Crippen LogP contribution in [0.4, 0.5) is 5.82 Å². The first-order valence-electron chi connectivity index (χ1n) is 12.6. The Bertz CT molecular complexity index is 1100. The maximum Gasteiger partial charge on any atom is 0.295 e. The fourth-order valence-electron chi connectivity index (χ4n) is 3.41. The maximum absolute atomic E-state index is 13.4. The normalized spacial score (nSPS) is 16.9. The summed E-state index contributed by atoms with van der Waals surface area (Å²) >= 11 is 0. The van der Waals surface area contributed by atoms with Crippen LogP contribution in [0.5, 0.6) is 0 Å². The second-order valence-electron chi connectivity index (χ2n) is 12.2. The van der Waals surface area contributed by atoms with Crippen molar-refractivity contribution in [2.75, 3.05) is 43.9 Å². The zero-order valence-electron chi connectivity index (χ0n) is 23.8. The number of rotatable bonds is 10. The van der Waals surface area contributed by atoms with Crippen molar-refractivity contribution in [1.29, 1.82) is 0 Å². The fraction of sp³-hybridized carbons (Fsp3) is 0.750. The van der Waals surface area contributed by atoms with E-state index in [0.717, 1.165) is 6.04 Å². The maximum atomic E-state index is 13.4. The van der Waals surface area contributed by atoms with Gasteiger partial charge in [-0.25, -0.2) is 13.4 Å². The quantitative estimate of drug-likeness (QED) is 0.243. The number of allylic oxidation sites excluding steroid dienone is 1. The van der Waals surface area contributed by atoms with Crippen molar-refractivity contribution in [3.05, 3.63) is 28.3 Å². The van der Waals surface area contributed by atoms with E-state index in [1.165, 1.54) is 10.6 Å². The Morgan fingerprint density at radius 3 is 2.17 bits per heavy atom. The van der Waals surface area contributed by atoms with E-state index >= 15 is 0 Å². The van der Waals surface area contributed by atoms with E-state index in [1.54, 1.807) is 10.8 Å². The van der Waals surface area contributed by atoms with Crippen LogP contribution in [0.1, 0.15) is 33.4 Å². The fourth-order valence-corrected chi connectivity index (χ4v) is 6.07. The molecule has 0 spiro atoms. The summed E-state index contributed by atoms with van der Waals surface area (Å²) in [5, 5.41) is 0.000462. The Labute approximate surface area is 219 Å². The van der Waals surface area contributed by atoms with Crippen molar-refractivity contribution in [3.63, 3.8) is 0 Å². The van der Waals surface area contributed by atoms with Gasteiger partial charge in [0.1, 0.15) is 18.2 Å². The summed E-state index contributed by atoms with van der Waals surface area (Å²) in [6.07, 6.45) is 4.83. The molecular formula is C24H46N4O5SSi2. The van der Waals surface area contributed by atoms with Crippen LogP contribution in [0, 0.1) is 0 Å². The second-order valence-corrected chi connectivity index (χ2v) is 24.6. The van der Waals surface area contributed by atoms with Crippen LogP contribution in [0.15, 0.2) is 17.1 Å². The van der Waals surface area contributed by atoms with Crippen molar-refractivity contribution in [2.45, 2.75) is 78.2 Å². The summed E-state index contributed by atoms with van der Waals surface area (Å²) in [6, 6.07) is 1.01. The minimum atomic E-state index is -3.28. The molecule has 2 rings (SSSR count). The summed E-state index contributed by atoms with van der Waals surface area (Å²) in [5.41, 5.74) is 0.332. The summed E-state index contributed by atoms with van der Waals surface area (Å²) in [5.74, 6) is 0.945. The zero-order valence-corrected chi connectivity index (χ0v) is 26.7. The predicted molar refractivity (Wildman–Crippen MR) is 153 cm³/mol. The van der Waals surface area contributed by atoms with E-state index in [9.17, 15) is 13.2 Å². The van der Waals surface area contributed by atoms with Crippen LogP contribution in [-0.2, 0) is 25.9 Å². The van der Waals surface area contributed by atoms with Gasteiger partial charge in [0.25, 0.3) is 13.9 Å². The lowest BCUT2D eigenvalue weighted by Crippen LogP contribution is -2.50. The molecule has 36 heavy (non-hydrogen) atoms. The third-order valence-electron chi connectivity index (χ3n) is 6.88. The van der Waals surface area contributed by atoms with Gasteiger partial charge in [0.2, 0.25) is 10.0 Å². The summed E-state index contributed by atoms with van der Waals surface area (Å²) < 4.78 is 39.4. The van der Waals surface area contributed by atoms with Crippen LogP contribution < -0.4 is 10.5 Å². The average Bonchev–Trinajstić information content (AvgIpc) is 2.74. The molecule has 0 amide bonds. The SMILES string of the molecule is CC=C(O[Si](C)(C)C(C)(C)C)c1cn(COCC[Si](C)(C)C)c(=O)c(N2CCN(S(C)(=O)=O)CC2)n1. The van der Waals surface area contributed by atoms with Gasteiger partial charge in [0.15, 0.2) is 5.82 Å². The first kappa shape index (κ1) is 30.7. The van der Waals surface area contributed by atoms with E-state index in [4.69, 9.17) is 14.1 Å². The monoisotopic (exact) mass is 558 g/mol. The Morgan fingerprint density at radius 1 is 1.11 bits per heavy atom. The summed E-state index contributed by atoms with van der Waals surface area (Å²) in [4.78, 5) is 20.1. The number of aromatic nitrogens is 2. The molecule has 0 bridgehead atoms. The lowest BCUT2D eigenvalue weighted by Gasteiger charge is -2.37. The molecule has 2 heterocycles. The molecule has 9 nitrogen and oxygen atoms in total. The highest BCUT2D eigenvalue weighted by Crippen LogP contribution is 2.39. The third kappa shape index (κ3) is 8.27. The topological polar surface area (TPSA) is 94.0 Å². The number of anilines is 1. The Morgan fingerprint density at radius 2 is 1.69 bits per heavy atom. The molecule has 0 N–H and O–H groups in total. The standard InChI is InChI=1S/C24H46N4O5SSi2/c1-11-21(33-36(9,10)24(2,3)4)20-18-27(19-32-16-17-35(6,7)8)23(29)22(25-20)26-12-14-28(15-13-26)34(5,30)31/h11,18H,12-17,19H2,1-10H3. The van der Waals surface area contributed by atoms with Crippen molar-refractivity contribution >= 4 is 38.0 Å². The number of hydrogen-bond acceptors (Lipinski definition) is 7. The van der Waals surface area contributed by atoms with Crippen molar-refractivity contribution in [3.8, 4) is 0 Å². The number of hydrogen-bond donors (Lipinski definition) is 0. The Balaban J connectivity index is 2.42. The van der Waals surface area contributed by atoms with Crippen molar-refractivity contribution in [1.82, 2.24) is 13.9 Å². The molecule has 0 radical (unpaired) electrons. The van der Waals surface area contributed by atoms with E-state index in [-0.39, 0.29) is 17.3 Å². The van der Waals surface area contributed by atoms with Crippen LogP contribution >= 0.6 is 0 Å². The average molecular weight is 559 g/mol. The minimum Gasteiger partial charge on any atom is -0.542 e. The summed E-state index contributed by atoms with van der Waals surface area (Å²) in [6.45, 7) is 21.8. The van der Waals surface area contributed by atoms with E-state index in [0.29, 0.717) is 50.1 Å². The molecule has 1 aliphatic heterocycles. The highest BCUT2D eigenvalue weighted by molar-refractivity contribution is 7.88. The van der Waals surface area contributed by atoms with E-state index in [2.05, 4.69) is 53.5 Å². The summed E-state index contributed by atoms with van der Waals surface area (Å²) in [7, 11) is -6.69. The number of ether oxygens (including phenoxy) is 1. The highest BCUT2D eigenvalue weighted by atomic mass is 32.2. The van der Waals surface area contributed by atoms with E-state index in [1.807, 2.05) is 17.9 Å². The van der Waals surface area contributed by atoms with Gasteiger partial charge in [-0.3, -0.25) is 9.36 Å². The lowest BCUT2D eigenvalue weighted by molar-refractivity contribution is 0.0845. The number of nitrogens with zero attached hydrogens (tertiary/aromatic N) is 4. The largest absolute Gasteiger partial charge is 0.542 e. The molecule has 12 heteroatoms. The van der Waals surface area contributed by atoms with Crippen LogP contribution in [-0.4, -0.2) is 77.7 Å². The molecule has 0 aromatic carbocycles. The van der Waals surface area contributed by atoms with Crippen molar-refractivity contribution in [2.24, 2.45) is 0 Å². The smallest absolute Gasteiger partial charge is 0.295 e. The van der Waals surface area contributed by atoms with Gasteiger partial charge >= 0.3 is 0 Å². The molecule has 1 aromatic heterocycles. The zero-order chi connectivity index (χ0) is 27.5. The van der Waals surface area contributed by atoms with Gasteiger partial charge in [-0.2, -0.15) is 4.31 Å². The molecule has 1 fully saturated rings. The molecule has 1 aromatic rings. The molecule has 206 valence electrons. The first-order valence-corrected chi connectivity index (χ1v) is 21.1. The molecule has 0 saturated carbocycles. The number of sulfonamides is 1. The first-order chi connectivity index (χ1) is 16.4. The Hall–Kier alpha value is -1.48. The molecule has 1 aliphatic rings. The molecule has 1 saturated heterocycles. The highest BCUT2D eigenvalue weighted by Gasteiger charge is 2.40. The van der Waals surface area contributed by atoms with Gasteiger partial charge in [-0.15, -0.1) is 0 Å². The van der Waals surface area contributed by atoms with Gasteiger partial charge in [-0.1, -0.05) is 40.4 Å². The van der Waals surface area contributed by atoms with Crippen LogP contribution in [0.3, 0.4) is 0 Å². The third-order valence-corrected chi connectivity index (χ3v) is 14.2. The molecule has 0 atom stereocenters. The lowest BCUT2D eigenvalue weighted by atomic mass is 10.2.